The molecule has 1 aromatic carbocycles. The van der Waals surface area contributed by atoms with E-state index in [1.54, 1.807) is 13.2 Å². The Labute approximate surface area is 148 Å². The molecule has 1 aliphatic heterocycles. The molecule has 1 aliphatic carbocycles. The van der Waals surface area contributed by atoms with E-state index in [4.69, 9.17) is 15.2 Å². The maximum Gasteiger partial charge on any atom is 0.205 e. The molecule has 1 aromatic rings. The van der Waals surface area contributed by atoms with Gasteiger partial charge in [0, 0.05) is 28.5 Å². The highest BCUT2D eigenvalue weighted by Gasteiger charge is 2.40. The summed E-state index contributed by atoms with van der Waals surface area (Å²) in [4.78, 5) is 12.7. The van der Waals surface area contributed by atoms with Crippen LogP contribution in [0.4, 0.5) is 0 Å². The van der Waals surface area contributed by atoms with E-state index in [1.807, 2.05) is 19.1 Å². The summed E-state index contributed by atoms with van der Waals surface area (Å²) in [5, 5.41) is 9.60. The zero-order valence-electron chi connectivity index (χ0n) is 13.4. The van der Waals surface area contributed by atoms with Gasteiger partial charge in [0.25, 0.3) is 0 Å². The fourth-order valence-corrected chi connectivity index (χ4v) is 3.71. The zero-order valence-corrected chi connectivity index (χ0v) is 15.0. The van der Waals surface area contributed by atoms with Gasteiger partial charge in [-0.05, 0) is 24.1 Å². The lowest BCUT2D eigenvalue weighted by atomic mass is 9.75. The Morgan fingerprint density at radius 3 is 2.83 bits per heavy atom. The van der Waals surface area contributed by atoms with Crippen LogP contribution in [0.3, 0.4) is 0 Å². The Bertz CT molecular complexity index is 820. The third kappa shape index (κ3) is 2.69. The molecule has 124 valence electrons. The largest absolute Gasteiger partial charge is 0.496 e. The van der Waals surface area contributed by atoms with Crippen molar-refractivity contribution in [2.45, 2.75) is 25.7 Å². The minimum atomic E-state index is -0.564. The minimum absolute atomic E-state index is 0.00368. The number of hydrogen-bond acceptors (Lipinski definition) is 5. The van der Waals surface area contributed by atoms with Crippen LogP contribution in [0.1, 0.15) is 31.2 Å². The lowest BCUT2D eigenvalue weighted by Crippen LogP contribution is -2.29. The zero-order chi connectivity index (χ0) is 17.4. The first-order chi connectivity index (χ1) is 11.5. The van der Waals surface area contributed by atoms with Crippen LogP contribution in [0.2, 0.25) is 0 Å². The number of rotatable bonds is 2. The van der Waals surface area contributed by atoms with Gasteiger partial charge in [0.1, 0.15) is 23.2 Å². The average molecular weight is 389 g/mol. The van der Waals surface area contributed by atoms with Gasteiger partial charge in [0.05, 0.1) is 13.0 Å². The molecule has 1 heterocycles. The van der Waals surface area contributed by atoms with Crippen molar-refractivity contribution >= 4 is 21.7 Å². The second-order valence-corrected chi connectivity index (χ2v) is 7.00. The number of methoxy groups -OCH3 is 1. The number of nitriles is 1. The summed E-state index contributed by atoms with van der Waals surface area (Å²) in [5.41, 5.74) is 7.48. The predicted molar refractivity (Wildman–Crippen MR) is 91.8 cm³/mol. The normalized spacial score (nSPS) is 23.5. The van der Waals surface area contributed by atoms with E-state index in [0.29, 0.717) is 29.9 Å². The van der Waals surface area contributed by atoms with E-state index in [-0.39, 0.29) is 23.2 Å². The number of carbonyl (C=O) groups is 1. The van der Waals surface area contributed by atoms with Gasteiger partial charge in [-0.25, -0.2) is 0 Å². The number of nitrogens with two attached hydrogens (primary N) is 1. The van der Waals surface area contributed by atoms with Crippen molar-refractivity contribution in [3.8, 4) is 11.8 Å². The highest BCUT2D eigenvalue weighted by molar-refractivity contribution is 9.10. The van der Waals surface area contributed by atoms with E-state index < -0.39 is 5.92 Å². The van der Waals surface area contributed by atoms with Gasteiger partial charge in [-0.2, -0.15) is 5.26 Å². The van der Waals surface area contributed by atoms with Crippen molar-refractivity contribution in [1.82, 2.24) is 0 Å². The fraction of sp³-hybridized carbons (Fsp3) is 0.333. The summed E-state index contributed by atoms with van der Waals surface area (Å²) in [5.74, 6) is 0.858. The second-order valence-electron chi connectivity index (χ2n) is 6.08. The third-order valence-electron chi connectivity index (χ3n) is 4.37. The molecular weight excluding hydrogens is 372 g/mol. The molecule has 0 amide bonds. The van der Waals surface area contributed by atoms with Gasteiger partial charge in [-0.1, -0.05) is 22.9 Å². The molecule has 2 atom stereocenters. The van der Waals surface area contributed by atoms with Crippen LogP contribution in [0.15, 0.2) is 45.5 Å². The number of allylic oxidation sites excluding steroid dienone is 3. The number of nitrogens with zero attached hydrogens (tertiary/aromatic N) is 1. The molecule has 24 heavy (non-hydrogen) atoms. The van der Waals surface area contributed by atoms with Gasteiger partial charge in [0.2, 0.25) is 5.88 Å². The molecule has 0 radical (unpaired) electrons. The predicted octanol–water partition coefficient (Wildman–Crippen LogP) is 3.52. The van der Waals surface area contributed by atoms with Crippen molar-refractivity contribution in [3.05, 3.63) is 51.0 Å². The monoisotopic (exact) mass is 388 g/mol. The smallest absolute Gasteiger partial charge is 0.205 e. The molecule has 3 rings (SSSR count). The van der Waals surface area contributed by atoms with Crippen LogP contribution in [0, 0.1) is 17.2 Å². The first-order valence-corrected chi connectivity index (χ1v) is 8.42. The quantitative estimate of drug-likeness (QED) is 0.837. The summed E-state index contributed by atoms with van der Waals surface area (Å²) in [6, 6.07) is 7.62. The molecule has 5 nitrogen and oxygen atoms in total. The third-order valence-corrected chi connectivity index (χ3v) is 4.86. The van der Waals surface area contributed by atoms with Gasteiger partial charge in [-0.15, -0.1) is 0 Å². The number of benzene rings is 1. The van der Waals surface area contributed by atoms with E-state index in [0.717, 1.165) is 10.0 Å². The van der Waals surface area contributed by atoms with Crippen molar-refractivity contribution in [2.75, 3.05) is 7.11 Å². The maximum atomic E-state index is 12.7. The first kappa shape index (κ1) is 16.6. The van der Waals surface area contributed by atoms with Gasteiger partial charge in [-0.3, -0.25) is 4.79 Å². The number of hydrogen-bond donors (Lipinski definition) is 1. The number of ether oxygens (including phenoxy) is 2. The molecule has 0 bridgehead atoms. The summed E-state index contributed by atoms with van der Waals surface area (Å²) >= 11 is 3.44. The molecule has 0 saturated carbocycles. The van der Waals surface area contributed by atoms with Crippen LogP contribution in [-0.2, 0) is 9.53 Å². The van der Waals surface area contributed by atoms with Crippen molar-refractivity contribution in [2.24, 2.45) is 11.7 Å². The number of halogens is 1. The molecular formula is C18H17BrN2O3. The van der Waals surface area contributed by atoms with E-state index >= 15 is 0 Å². The SMILES string of the molecule is COc1ccc(Br)cc1[C@H]1C(C#N)=C(N)OC2=C1C(=O)C[C@H](C)C2. The van der Waals surface area contributed by atoms with Gasteiger partial charge < -0.3 is 15.2 Å². The summed E-state index contributed by atoms with van der Waals surface area (Å²) < 4.78 is 11.9. The number of Topliss-reactive ketones (excluding diaryl/α,β-unsaturated/α-hetero) is 1. The average Bonchev–Trinajstić information content (AvgIpc) is 2.53. The highest BCUT2D eigenvalue weighted by atomic mass is 79.9. The van der Waals surface area contributed by atoms with Crippen molar-refractivity contribution in [1.29, 1.82) is 5.26 Å². The maximum absolute atomic E-state index is 12.7. The Morgan fingerprint density at radius 1 is 1.42 bits per heavy atom. The van der Waals surface area contributed by atoms with Crippen LogP contribution in [-0.4, -0.2) is 12.9 Å². The number of ketones is 1. The first-order valence-electron chi connectivity index (χ1n) is 7.63. The topological polar surface area (TPSA) is 85.3 Å². The van der Waals surface area contributed by atoms with Crippen molar-refractivity contribution < 1.29 is 14.3 Å². The Kier molecular flexibility index (Phi) is 4.37. The molecule has 0 saturated heterocycles. The number of carbonyl (C=O) groups excluding carboxylic acids is 1. The summed E-state index contributed by atoms with van der Waals surface area (Å²) in [6.07, 6.45) is 1.07. The van der Waals surface area contributed by atoms with Gasteiger partial charge >= 0.3 is 0 Å². The Hall–Kier alpha value is -2.26. The van der Waals surface area contributed by atoms with E-state index in [1.165, 1.54) is 0 Å². The van der Waals surface area contributed by atoms with Crippen LogP contribution in [0.25, 0.3) is 0 Å². The van der Waals surface area contributed by atoms with Crippen LogP contribution >= 0.6 is 15.9 Å². The van der Waals surface area contributed by atoms with E-state index in [9.17, 15) is 10.1 Å². The lowest BCUT2D eigenvalue weighted by Gasteiger charge is -2.33. The van der Waals surface area contributed by atoms with Gasteiger partial charge in [0.15, 0.2) is 5.78 Å². The second kappa shape index (κ2) is 6.33. The molecule has 0 aromatic heterocycles. The molecule has 2 N–H and O–H groups in total. The molecule has 0 spiro atoms. The molecule has 0 unspecified atom stereocenters. The van der Waals surface area contributed by atoms with Crippen LogP contribution < -0.4 is 10.5 Å². The highest BCUT2D eigenvalue weighted by Crippen LogP contribution is 2.47. The van der Waals surface area contributed by atoms with E-state index in [2.05, 4.69) is 22.0 Å². The van der Waals surface area contributed by atoms with Crippen LogP contribution in [0.5, 0.6) is 5.75 Å². The molecule has 2 aliphatic rings. The lowest BCUT2D eigenvalue weighted by molar-refractivity contribution is -0.117. The minimum Gasteiger partial charge on any atom is -0.496 e. The fourth-order valence-electron chi connectivity index (χ4n) is 3.33. The molecule has 0 fully saturated rings. The van der Waals surface area contributed by atoms with Crippen molar-refractivity contribution in [3.63, 3.8) is 0 Å². The molecule has 6 heteroatoms. The Balaban J connectivity index is 2.25. The summed E-state index contributed by atoms with van der Waals surface area (Å²) in [6.45, 7) is 2.00. The summed E-state index contributed by atoms with van der Waals surface area (Å²) in [7, 11) is 1.56. The Morgan fingerprint density at radius 2 is 2.17 bits per heavy atom. The standard InChI is InChI=1S/C18H17BrN2O3/c1-9-5-13(22)17-15(6-9)24-18(21)12(8-20)16(17)11-7-10(19)3-4-14(11)23-2/h3-4,7,9,16H,5-6,21H2,1-2H3/t9-,16-/m0/s1.